The van der Waals surface area contributed by atoms with E-state index in [4.69, 9.17) is 4.42 Å². The van der Waals surface area contributed by atoms with Crippen molar-refractivity contribution < 1.29 is 33.9 Å². The molecule has 2 aromatic carbocycles. The minimum absolute atomic E-state index is 0.146. The standard InChI is InChI=1S/C33H27NO7/c35-17-20-11-14-26(41-20)29-21-12-13-22-28(32(39)34(40)31(22)38)24(21)15-25-30(37)23(18-7-3-1-4-8-18)16-27(36)33(25,29)19-9-5-2-6-10-19/h1-12,14,16,22,24-25,28-29,35,40H,13,15,17H2. The van der Waals surface area contributed by atoms with Crippen LogP contribution in [-0.2, 0) is 31.2 Å². The Labute approximate surface area is 235 Å². The molecule has 0 spiro atoms. The zero-order valence-corrected chi connectivity index (χ0v) is 22.0. The topological polar surface area (TPSA) is 125 Å². The first-order chi connectivity index (χ1) is 19.9. The molecule has 2 fully saturated rings. The highest BCUT2D eigenvalue weighted by Crippen LogP contribution is 2.63. The van der Waals surface area contributed by atoms with Crippen molar-refractivity contribution in [2.75, 3.05) is 0 Å². The summed E-state index contributed by atoms with van der Waals surface area (Å²) in [5, 5.41) is 20.3. The summed E-state index contributed by atoms with van der Waals surface area (Å²) < 4.78 is 6.11. The second-order valence-corrected chi connectivity index (χ2v) is 11.2. The molecule has 41 heavy (non-hydrogen) atoms. The van der Waals surface area contributed by atoms with E-state index in [9.17, 15) is 29.5 Å². The predicted molar refractivity (Wildman–Crippen MR) is 145 cm³/mol. The normalized spacial score (nSPS) is 30.9. The van der Waals surface area contributed by atoms with Gasteiger partial charge >= 0.3 is 0 Å². The van der Waals surface area contributed by atoms with Gasteiger partial charge in [-0.3, -0.25) is 24.4 Å². The molecule has 7 rings (SSSR count). The summed E-state index contributed by atoms with van der Waals surface area (Å²) in [7, 11) is 0. The molecule has 2 N–H and O–H groups in total. The summed E-state index contributed by atoms with van der Waals surface area (Å²) in [6.45, 7) is -0.348. The number of fused-ring (bicyclic) bond motifs is 4. The van der Waals surface area contributed by atoms with Crippen LogP contribution in [0.4, 0.5) is 0 Å². The van der Waals surface area contributed by atoms with Gasteiger partial charge in [0.05, 0.1) is 23.2 Å². The highest BCUT2D eigenvalue weighted by Gasteiger charge is 2.66. The molecule has 6 unspecified atom stereocenters. The zero-order valence-electron chi connectivity index (χ0n) is 22.0. The van der Waals surface area contributed by atoms with Crippen LogP contribution in [0.5, 0.6) is 0 Å². The van der Waals surface area contributed by atoms with E-state index >= 15 is 0 Å². The van der Waals surface area contributed by atoms with Crippen LogP contribution in [0.2, 0.25) is 0 Å². The number of carbonyl (C=O) groups excluding carboxylic acids is 4. The lowest BCUT2D eigenvalue weighted by atomic mass is 9.45. The first-order valence-electron chi connectivity index (χ1n) is 13.7. The third-order valence-corrected chi connectivity index (χ3v) is 9.47. The van der Waals surface area contributed by atoms with Gasteiger partial charge in [0.15, 0.2) is 11.6 Å². The predicted octanol–water partition coefficient (Wildman–Crippen LogP) is 3.99. The van der Waals surface area contributed by atoms with Crippen molar-refractivity contribution in [3.8, 4) is 0 Å². The van der Waals surface area contributed by atoms with Crippen LogP contribution < -0.4 is 0 Å². The van der Waals surface area contributed by atoms with Gasteiger partial charge in [0, 0.05) is 11.5 Å². The van der Waals surface area contributed by atoms with Crippen LogP contribution >= 0.6 is 0 Å². The number of imide groups is 1. The maximum Gasteiger partial charge on any atom is 0.257 e. The lowest BCUT2D eigenvalue weighted by Gasteiger charge is -2.54. The van der Waals surface area contributed by atoms with E-state index in [-0.39, 0.29) is 36.1 Å². The van der Waals surface area contributed by atoms with Gasteiger partial charge in [-0.25, -0.2) is 0 Å². The van der Waals surface area contributed by atoms with Crippen molar-refractivity contribution >= 4 is 29.0 Å². The average molecular weight is 550 g/mol. The van der Waals surface area contributed by atoms with E-state index in [0.29, 0.717) is 28.2 Å². The van der Waals surface area contributed by atoms with Crippen LogP contribution in [0.3, 0.4) is 0 Å². The fourth-order valence-corrected chi connectivity index (χ4v) is 7.80. The first kappa shape index (κ1) is 25.6. The molecule has 8 heteroatoms. The number of aliphatic hydroxyl groups excluding tert-OH is 1. The van der Waals surface area contributed by atoms with Gasteiger partial charge in [0.25, 0.3) is 11.8 Å². The fraction of sp³-hybridized carbons (Fsp3) is 0.273. The van der Waals surface area contributed by atoms with Crippen molar-refractivity contribution in [2.24, 2.45) is 23.7 Å². The number of hydrogen-bond donors (Lipinski definition) is 2. The third kappa shape index (κ3) is 3.47. The maximum atomic E-state index is 14.7. The summed E-state index contributed by atoms with van der Waals surface area (Å²) in [5.41, 5.74) is 0.929. The maximum absolute atomic E-state index is 14.7. The Kier molecular flexibility index (Phi) is 5.81. The second kappa shape index (κ2) is 9.33. The summed E-state index contributed by atoms with van der Waals surface area (Å²) in [6.07, 6.45) is 3.69. The molecule has 0 radical (unpaired) electrons. The Hall–Kier alpha value is -4.40. The quantitative estimate of drug-likeness (QED) is 0.286. The van der Waals surface area contributed by atoms with Gasteiger partial charge in [-0.1, -0.05) is 72.3 Å². The molecule has 8 nitrogen and oxygen atoms in total. The Morgan fingerprint density at radius 2 is 1.59 bits per heavy atom. The van der Waals surface area contributed by atoms with E-state index in [1.165, 1.54) is 6.08 Å². The van der Waals surface area contributed by atoms with Crippen molar-refractivity contribution in [1.29, 1.82) is 0 Å². The molecule has 1 aliphatic heterocycles. The number of allylic oxidation sites excluding steroid dienone is 4. The van der Waals surface area contributed by atoms with Gasteiger partial charge < -0.3 is 9.52 Å². The molecule has 206 valence electrons. The molecule has 2 heterocycles. The van der Waals surface area contributed by atoms with E-state index in [0.717, 1.165) is 5.57 Å². The number of carbonyl (C=O) groups is 4. The van der Waals surface area contributed by atoms with Crippen molar-refractivity contribution in [3.63, 3.8) is 0 Å². The number of ketones is 2. The van der Waals surface area contributed by atoms with Crippen molar-refractivity contribution in [2.45, 2.75) is 30.8 Å². The molecular weight excluding hydrogens is 522 g/mol. The minimum atomic E-state index is -1.39. The van der Waals surface area contributed by atoms with Crippen LogP contribution in [0.15, 0.2) is 94.9 Å². The molecule has 3 aromatic rings. The highest BCUT2D eigenvalue weighted by atomic mass is 16.5. The zero-order chi connectivity index (χ0) is 28.5. The minimum Gasteiger partial charge on any atom is -0.463 e. The van der Waals surface area contributed by atoms with Gasteiger partial charge in [-0.2, -0.15) is 5.06 Å². The Balaban J connectivity index is 1.51. The van der Waals surface area contributed by atoms with Gasteiger partial charge in [-0.15, -0.1) is 0 Å². The number of nitrogens with zero attached hydrogens (tertiary/aromatic N) is 1. The SMILES string of the molecule is O=C1C(c2ccccc2)=CC(=O)C2(c3ccccc3)C1CC1C(=CCC3C(=O)N(O)C(=O)C31)C2c1ccc(CO)o1. The third-order valence-electron chi connectivity index (χ3n) is 9.47. The summed E-state index contributed by atoms with van der Waals surface area (Å²) >= 11 is 0. The second-order valence-electron chi connectivity index (χ2n) is 11.2. The van der Waals surface area contributed by atoms with Crippen molar-refractivity contribution in [3.05, 3.63) is 113 Å². The van der Waals surface area contributed by atoms with E-state index in [2.05, 4.69) is 0 Å². The molecular formula is C33H27NO7. The number of hydrogen-bond acceptors (Lipinski definition) is 7. The van der Waals surface area contributed by atoms with Gasteiger partial charge in [0.2, 0.25) is 0 Å². The van der Waals surface area contributed by atoms with E-state index < -0.39 is 46.8 Å². The molecule has 1 aromatic heterocycles. The number of aliphatic hydroxyl groups is 1. The number of amides is 2. The van der Waals surface area contributed by atoms with Gasteiger partial charge in [0.1, 0.15) is 18.1 Å². The van der Waals surface area contributed by atoms with Crippen LogP contribution in [0.1, 0.15) is 41.4 Å². The number of hydroxylamine groups is 2. The Morgan fingerprint density at radius 3 is 2.27 bits per heavy atom. The van der Waals surface area contributed by atoms with Crippen LogP contribution in [-0.4, -0.2) is 38.8 Å². The number of Topliss-reactive ketones (excluding diaryl/α,β-unsaturated/α-hetero) is 1. The molecule has 3 aliphatic carbocycles. The summed E-state index contributed by atoms with van der Waals surface area (Å²) in [4.78, 5) is 55.3. The fourth-order valence-electron chi connectivity index (χ4n) is 7.80. The smallest absolute Gasteiger partial charge is 0.257 e. The monoisotopic (exact) mass is 549 g/mol. The Bertz CT molecular complexity index is 1650. The van der Waals surface area contributed by atoms with Crippen LogP contribution in [0, 0.1) is 23.7 Å². The lowest BCUT2D eigenvalue weighted by Crippen LogP contribution is -2.58. The largest absolute Gasteiger partial charge is 0.463 e. The van der Waals surface area contributed by atoms with E-state index in [1.807, 2.05) is 42.5 Å². The molecule has 0 bridgehead atoms. The molecule has 2 amide bonds. The van der Waals surface area contributed by atoms with E-state index in [1.54, 1.807) is 36.4 Å². The molecule has 6 atom stereocenters. The summed E-state index contributed by atoms with van der Waals surface area (Å²) in [6, 6.07) is 21.6. The molecule has 1 saturated heterocycles. The van der Waals surface area contributed by atoms with Gasteiger partial charge in [-0.05, 0) is 48.1 Å². The number of benzene rings is 2. The number of rotatable bonds is 4. The average Bonchev–Trinajstić information content (AvgIpc) is 3.57. The first-order valence-corrected chi connectivity index (χ1v) is 13.7. The molecule has 4 aliphatic rings. The lowest BCUT2D eigenvalue weighted by molar-refractivity contribution is -0.173. The summed E-state index contributed by atoms with van der Waals surface area (Å²) in [5.74, 6) is -4.96. The Morgan fingerprint density at radius 1 is 0.878 bits per heavy atom. The van der Waals surface area contributed by atoms with Crippen LogP contribution in [0.25, 0.3) is 5.57 Å². The molecule has 1 saturated carbocycles. The highest BCUT2D eigenvalue weighted by molar-refractivity contribution is 6.31. The van der Waals surface area contributed by atoms with Crippen molar-refractivity contribution in [1.82, 2.24) is 5.06 Å². The number of furan rings is 1.